The van der Waals surface area contributed by atoms with Crippen LogP contribution < -0.4 is 4.74 Å². The van der Waals surface area contributed by atoms with Crippen molar-refractivity contribution in [3.8, 4) is 11.5 Å². The number of nitro benzene ring substituents is 1. The van der Waals surface area contributed by atoms with E-state index in [0.29, 0.717) is 31.0 Å². The Morgan fingerprint density at radius 3 is 2.33 bits per heavy atom. The highest BCUT2D eigenvalue weighted by atomic mass is 79.9. The fourth-order valence-electron chi connectivity index (χ4n) is 1.59. The van der Waals surface area contributed by atoms with E-state index in [4.69, 9.17) is 21.4 Å². The van der Waals surface area contributed by atoms with Gasteiger partial charge >= 0.3 is 0 Å². The molecule has 0 bridgehead atoms. The maximum Gasteiger partial charge on any atom is 0.271 e. The van der Waals surface area contributed by atoms with E-state index >= 15 is 0 Å². The minimum Gasteiger partial charge on any atom is -0.455 e. The molecule has 110 valence electrons. The number of halogens is 3. The molecule has 1 N–H and O–H groups in total. The minimum atomic E-state index is -0.494. The van der Waals surface area contributed by atoms with Crippen LogP contribution >= 0.6 is 43.5 Å². The third-order valence-electron chi connectivity index (χ3n) is 2.61. The lowest BCUT2D eigenvalue weighted by atomic mass is 10.2. The van der Waals surface area contributed by atoms with Crippen molar-refractivity contribution in [1.82, 2.24) is 0 Å². The minimum absolute atomic E-state index is 0.0604. The van der Waals surface area contributed by atoms with Gasteiger partial charge in [0, 0.05) is 17.2 Å². The first-order chi connectivity index (χ1) is 9.92. The Morgan fingerprint density at radius 1 is 1.24 bits per heavy atom. The van der Waals surface area contributed by atoms with Crippen molar-refractivity contribution in [2.24, 2.45) is 0 Å². The van der Waals surface area contributed by atoms with Gasteiger partial charge < -0.3 is 9.84 Å². The molecular formula is C13H8Br2ClNO4. The van der Waals surface area contributed by atoms with E-state index in [-0.39, 0.29) is 12.3 Å². The van der Waals surface area contributed by atoms with E-state index in [2.05, 4.69) is 31.9 Å². The second-order valence-electron chi connectivity index (χ2n) is 4.01. The molecule has 0 aliphatic rings. The highest BCUT2D eigenvalue weighted by molar-refractivity contribution is 9.11. The Kier molecular flexibility index (Phi) is 5.21. The van der Waals surface area contributed by atoms with E-state index in [1.807, 2.05) is 0 Å². The Morgan fingerprint density at radius 2 is 1.86 bits per heavy atom. The van der Waals surface area contributed by atoms with Crippen molar-refractivity contribution in [1.29, 1.82) is 0 Å². The Bertz CT molecular complexity index is 686. The van der Waals surface area contributed by atoms with Crippen LogP contribution in [-0.2, 0) is 6.61 Å². The first-order valence-electron chi connectivity index (χ1n) is 5.63. The van der Waals surface area contributed by atoms with Crippen molar-refractivity contribution in [2.75, 3.05) is 0 Å². The number of ether oxygens (including phenoxy) is 1. The fraction of sp³-hybridized carbons (Fsp3) is 0.0769. The average Bonchev–Trinajstić information content (AvgIpc) is 2.42. The summed E-state index contributed by atoms with van der Waals surface area (Å²) < 4.78 is 6.54. The van der Waals surface area contributed by atoms with Crippen LogP contribution in [0.5, 0.6) is 11.5 Å². The van der Waals surface area contributed by atoms with Crippen LogP contribution in [0.25, 0.3) is 0 Å². The Labute approximate surface area is 141 Å². The number of nitrogens with zero attached hydrogens (tertiary/aromatic N) is 1. The topological polar surface area (TPSA) is 72.6 Å². The fourth-order valence-corrected chi connectivity index (χ4v) is 3.14. The van der Waals surface area contributed by atoms with Crippen LogP contribution in [0.4, 0.5) is 5.69 Å². The molecule has 8 heteroatoms. The molecule has 21 heavy (non-hydrogen) atoms. The zero-order chi connectivity index (χ0) is 15.6. The molecule has 0 saturated heterocycles. The number of rotatable bonds is 4. The largest absolute Gasteiger partial charge is 0.455 e. The summed E-state index contributed by atoms with van der Waals surface area (Å²) in [4.78, 5) is 10.3. The molecule has 0 amide bonds. The molecule has 0 aliphatic carbocycles. The summed E-state index contributed by atoms with van der Waals surface area (Å²) in [6.07, 6.45) is 0. The molecule has 0 heterocycles. The number of nitro groups is 1. The summed E-state index contributed by atoms with van der Waals surface area (Å²) in [5.74, 6) is 0.848. The number of aliphatic hydroxyl groups is 1. The van der Waals surface area contributed by atoms with Crippen LogP contribution in [0.15, 0.2) is 39.3 Å². The van der Waals surface area contributed by atoms with Crippen LogP contribution in [-0.4, -0.2) is 10.0 Å². The third-order valence-corrected chi connectivity index (χ3v) is 4.14. The maximum atomic E-state index is 10.8. The zero-order valence-electron chi connectivity index (χ0n) is 10.3. The predicted molar refractivity (Wildman–Crippen MR) is 85.9 cm³/mol. The molecule has 0 aromatic heterocycles. The first-order valence-corrected chi connectivity index (χ1v) is 7.59. The van der Waals surface area contributed by atoms with Gasteiger partial charge in [-0.1, -0.05) is 17.7 Å². The van der Waals surface area contributed by atoms with E-state index in [0.717, 1.165) is 0 Å². The van der Waals surface area contributed by atoms with Crippen LogP contribution in [0.1, 0.15) is 5.56 Å². The highest BCUT2D eigenvalue weighted by Gasteiger charge is 2.16. The van der Waals surface area contributed by atoms with Crippen molar-refractivity contribution >= 4 is 49.1 Å². The van der Waals surface area contributed by atoms with Gasteiger partial charge in [0.25, 0.3) is 5.69 Å². The molecule has 2 aromatic carbocycles. The average molecular weight is 437 g/mol. The van der Waals surface area contributed by atoms with Gasteiger partial charge in [-0.05, 0) is 49.6 Å². The van der Waals surface area contributed by atoms with Crippen LogP contribution in [0, 0.1) is 10.1 Å². The Balaban J connectivity index is 2.35. The summed E-state index contributed by atoms with van der Waals surface area (Å²) >= 11 is 12.5. The van der Waals surface area contributed by atoms with E-state index < -0.39 is 4.92 Å². The van der Waals surface area contributed by atoms with Gasteiger partial charge in [-0.15, -0.1) is 0 Å². The van der Waals surface area contributed by atoms with Gasteiger partial charge in [0.05, 0.1) is 20.5 Å². The predicted octanol–water partition coefficient (Wildman–Crippen LogP) is 5.06. The van der Waals surface area contributed by atoms with Crippen molar-refractivity contribution in [3.63, 3.8) is 0 Å². The van der Waals surface area contributed by atoms with Crippen molar-refractivity contribution < 1.29 is 14.8 Å². The standard InChI is InChI=1S/C13H8Br2ClNO4/c14-10-3-8(17(19)20)4-11(15)13(10)21-9-2-1-7(6-18)12(16)5-9/h1-5,18H,6H2. The molecule has 2 rings (SSSR count). The third kappa shape index (κ3) is 3.74. The van der Waals surface area contributed by atoms with E-state index in [1.54, 1.807) is 18.2 Å². The molecule has 0 spiro atoms. The Hall–Kier alpha value is -1.15. The molecule has 0 aliphatic heterocycles. The molecule has 0 atom stereocenters. The molecule has 0 saturated carbocycles. The van der Waals surface area contributed by atoms with Gasteiger partial charge in [-0.25, -0.2) is 0 Å². The monoisotopic (exact) mass is 435 g/mol. The summed E-state index contributed by atoms with van der Waals surface area (Å²) in [6.45, 7) is -0.163. The number of hydrogen-bond acceptors (Lipinski definition) is 4. The second kappa shape index (κ2) is 6.74. The van der Waals surface area contributed by atoms with E-state index in [9.17, 15) is 10.1 Å². The van der Waals surface area contributed by atoms with Gasteiger partial charge in [-0.2, -0.15) is 0 Å². The maximum absolute atomic E-state index is 10.8. The highest BCUT2D eigenvalue weighted by Crippen LogP contribution is 2.40. The zero-order valence-corrected chi connectivity index (χ0v) is 14.3. The summed E-state index contributed by atoms with van der Waals surface area (Å²) in [7, 11) is 0. The van der Waals surface area contributed by atoms with Gasteiger partial charge in [0.15, 0.2) is 5.75 Å². The van der Waals surface area contributed by atoms with Gasteiger partial charge in [-0.3, -0.25) is 10.1 Å². The number of non-ortho nitro benzene ring substituents is 1. The smallest absolute Gasteiger partial charge is 0.271 e. The molecule has 0 unspecified atom stereocenters. The van der Waals surface area contributed by atoms with Gasteiger partial charge in [0.2, 0.25) is 0 Å². The van der Waals surface area contributed by atoms with Crippen molar-refractivity contribution in [3.05, 3.63) is 60.0 Å². The van der Waals surface area contributed by atoms with Crippen molar-refractivity contribution in [2.45, 2.75) is 6.61 Å². The van der Waals surface area contributed by atoms with Crippen LogP contribution in [0.2, 0.25) is 5.02 Å². The second-order valence-corrected chi connectivity index (χ2v) is 6.12. The quantitative estimate of drug-likeness (QED) is 0.536. The molecule has 2 aromatic rings. The number of aliphatic hydroxyl groups excluding tert-OH is 1. The van der Waals surface area contributed by atoms with Crippen LogP contribution in [0.3, 0.4) is 0 Å². The van der Waals surface area contributed by atoms with E-state index in [1.165, 1.54) is 12.1 Å². The molecule has 5 nitrogen and oxygen atoms in total. The summed E-state index contributed by atoms with van der Waals surface area (Å²) in [6, 6.07) is 7.56. The molecule has 0 radical (unpaired) electrons. The first kappa shape index (κ1) is 16.2. The molecule has 0 fully saturated rings. The lowest BCUT2D eigenvalue weighted by Gasteiger charge is -2.11. The SMILES string of the molecule is O=[N+]([O-])c1cc(Br)c(Oc2ccc(CO)c(Cl)c2)c(Br)c1. The number of benzene rings is 2. The summed E-state index contributed by atoms with van der Waals surface area (Å²) in [5, 5.41) is 20.2. The lowest BCUT2D eigenvalue weighted by Crippen LogP contribution is -1.93. The molecular weight excluding hydrogens is 429 g/mol. The summed E-state index contributed by atoms with van der Waals surface area (Å²) in [5.41, 5.74) is 0.528. The lowest BCUT2D eigenvalue weighted by molar-refractivity contribution is -0.385. The normalized spacial score (nSPS) is 10.5. The van der Waals surface area contributed by atoms with Gasteiger partial charge in [0.1, 0.15) is 5.75 Å². The number of hydrogen-bond donors (Lipinski definition) is 1.